The third-order valence-corrected chi connectivity index (χ3v) is 3.33. The van der Waals surface area contributed by atoms with Gasteiger partial charge in [-0.05, 0) is 6.07 Å². The molecule has 0 spiro atoms. The Morgan fingerprint density at radius 1 is 1.29 bits per heavy atom. The first kappa shape index (κ1) is 13.4. The van der Waals surface area contributed by atoms with Gasteiger partial charge in [-0.3, -0.25) is 4.79 Å². The van der Waals surface area contributed by atoms with E-state index in [2.05, 4.69) is 15.3 Å². The van der Waals surface area contributed by atoms with Crippen LogP contribution in [0.1, 0.15) is 22.1 Å². The van der Waals surface area contributed by atoms with Gasteiger partial charge in [0.1, 0.15) is 23.9 Å². The topological polar surface area (TPSA) is 67.4 Å². The van der Waals surface area contributed by atoms with Crippen LogP contribution in [0.4, 0.5) is 5.82 Å². The molecule has 1 aliphatic rings. The number of nitrogens with one attached hydrogen (secondary N) is 1. The van der Waals surface area contributed by atoms with Gasteiger partial charge in [-0.25, -0.2) is 9.97 Å². The molecule has 2 heterocycles. The molecule has 1 aromatic heterocycles. The number of fused-ring (bicyclic) bond motifs is 1. The van der Waals surface area contributed by atoms with Crippen LogP contribution in [0.2, 0.25) is 0 Å². The van der Waals surface area contributed by atoms with Gasteiger partial charge in [0.15, 0.2) is 0 Å². The lowest BCUT2D eigenvalue weighted by atomic mass is 10.1. The fraction of sp³-hybridized carbons (Fsp3) is 0.267. The first-order valence-corrected chi connectivity index (χ1v) is 6.67. The number of carbonyl (C=O) groups excluding carboxylic acids is 1. The van der Waals surface area contributed by atoms with E-state index in [0.29, 0.717) is 18.1 Å². The molecule has 1 aliphatic heterocycles. The predicted octanol–water partition coefficient (Wildman–Crippen LogP) is 1.41. The molecule has 1 atom stereocenters. The van der Waals surface area contributed by atoms with Crippen LogP contribution in [0.25, 0.3) is 0 Å². The van der Waals surface area contributed by atoms with Crippen molar-refractivity contribution in [3.63, 3.8) is 0 Å². The number of rotatable bonds is 3. The Morgan fingerprint density at radius 2 is 2.10 bits per heavy atom. The minimum absolute atomic E-state index is 0.149. The minimum Gasteiger partial charge on any atom is -0.491 e. The number of ether oxygens (including phenoxy) is 1. The molecular weight excluding hydrogens is 268 g/mol. The van der Waals surface area contributed by atoms with Gasteiger partial charge in [-0.2, -0.15) is 0 Å². The number of hydrogen-bond acceptors (Lipinski definition) is 5. The number of carbonyl (C=O) groups is 1. The minimum atomic E-state index is -0.252. The highest BCUT2D eigenvalue weighted by molar-refractivity contribution is 5.92. The molecule has 0 saturated heterocycles. The molecule has 0 bridgehead atoms. The molecule has 108 valence electrons. The standard InChI is InChI=1S/C15H16N4O2/c1-19(2)14-8-16-11(7-17-14)15(20)18-12-9-21-13-6-4-3-5-10(12)13/h3-8,12H,9H2,1-2H3,(H,18,20)/t12-/m1/s1. The number of nitrogens with zero attached hydrogens (tertiary/aromatic N) is 3. The summed E-state index contributed by atoms with van der Waals surface area (Å²) in [5, 5.41) is 2.92. The Morgan fingerprint density at radius 3 is 2.81 bits per heavy atom. The molecule has 0 saturated carbocycles. The Kier molecular flexibility index (Phi) is 3.43. The third kappa shape index (κ3) is 2.65. The van der Waals surface area contributed by atoms with Crippen LogP contribution in [-0.4, -0.2) is 36.6 Å². The van der Waals surface area contributed by atoms with Crippen molar-refractivity contribution in [1.29, 1.82) is 0 Å². The van der Waals surface area contributed by atoms with Crippen molar-refractivity contribution in [2.45, 2.75) is 6.04 Å². The Hall–Kier alpha value is -2.63. The van der Waals surface area contributed by atoms with E-state index in [-0.39, 0.29) is 11.9 Å². The monoisotopic (exact) mass is 284 g/mol. The van der Waals surface area contributed by atoms with Crippen LogP contribution < -0.4 is 15.0 Å². The van der Waals surface area contributed by atoms with E-state index >= 15 is 0 Å². The number of hydrogen-bond donors (Lipinski definition) is 1. The first-order chi connectivity index (χ1) is 10.1. The largest absolute Gasteiger partial charge is 0.491 e. The molecule has 1 amide bonds. The van der Waals surface area contributed by atoms with E-state index in [0.717, 1.165) is 11.3 Å². The molecule has 0 unspecified atom stereocenters. The molecule has 1 aromatic carbocycles. The summed E-state index contributed by atoms with van der Waals surface area (Å²) in [4.78, 5) is 22.4. The van der Waals surface area contributed by atoms with Gasteiger partial charge in [0.25, 0.3) is 5.91 Å². The van der Waals surface area contributed by atoms with Crippen LogP contribution in [0.15, 0.2) is 36.7 Å². The van der Waals surface area contributed by atoms with Crippen molar-refractivity contribution < 1.29 is 9.53 Å². The van der Waals surface area contributed by atoms with E-state index in [1.807, 2.05) is 43.3 Å². The SMILES string of the molecule is CN(C)c1cnc(C(=O)N[C@@H]2COc3ccccc32)cn1. The summed E-state index contributed by atoms with van der Waals surface area (Å²) < 4.78 is 5.54. The van der Waals surface area contributed by atoms with Crippen LogP contribution in [-0.2, 0) is 0 Å². The molecule has 1 N–H and O–H groups in total. The fourth-order valence-corrected chi connectivity index (χ4v) is 2.18. The molecule has 3 rings (SSSR count). The zero-order valence-corrected chi connectivity index (χ0v) is 11.9. The third-order valence-electron chi connectivity index (χ3n) is 3.33. The van der Waals surface area contributed by atoms with E-state index in [9.17, 15) is 4.79 Å². The summed E-state index contributed by atoms with van der Waals surface area (Å²) in [6.07, 6.45) is 3.06. The second kappa shape index (κ2) is 5.40. The van der Waals surface area contributed by atoms with E-state index < -0.39 is 0 Å². The molecule has 2 aromatic rings. The summed E-state index contributed by atoms with van der Waals surface area (Å²) in [5.74, 6) is 1.27. The van der Waals surface area contributed by atoms with Crippen molar-refractivity contribution in [3.05, 3.63) is 47.9 Å². The highest BCUT2D eigenvalue weighted by Crippen LogP contribution is 2.31. The van der Waals surface area contributed by atoms with Gasteiger partial charge in [-0.15, -0.1) is 0 Å². The predicted molar refractivity (Wildman–Crippen MR) is 78.5 cm³/mol. The summed E-state index contributed by atoms with van der Waals surface area (Å²) in [7, 11) is 3.74. The summed E-state index contributed by atoms with van der Waals surface area (Å²) in [5.41, 5.74) is 1.29. The zero-order chi connectivity index (χ0) is 14.8. The highest BCUT2D eigenvalue weighted by Gasteiger charge is 2.25. The second-order valence-corrected chi connectivity index (χ2v) is 5.03. The molecule has 6 heteroatoms. The molecular formula is C15H16N4O2. The zero-order valence-electron chi connectivity index (χ0n) is 11.9. The fourth-order valence-electron chi connectivity index (χ4n) is 2.18. The molecule has 0 radical (unpaired) electrons. The van der Waals surface area contributed by atoms with Gasteiger partial charge in [0.05, 0.1) is 18.4 Å². The Balaban J connectivity index is 1.72. The Bertz CT molecular complexity index is 655. The van der Waals surface area contributed by atoms with Crippen LogP contribution in [0.3, 0.4) is 0 Å². The first-order valence-electron chi connectivity index (χ1n) is 6.67. The molecule has 21 heavy (non-hydrogen) atoms. The number of aromatic nitrogens is 2. The Labute approximate surface area is 122 Å². The number of benzene rings is 1. The normalized spacial score (nSPS) is 16.0. The van der Waals surface area contributed by atoms with Crippen LogP contribution in [0.5, 0.6) is 5.75 Å². The molecule has 0 aliphatic carbocycles. The highest BCUT2D eigenvalue weighted by atomic mass is 16.5. The van der Waals surface area contributed by atoms with Gasteiger partial charge >= 0.3 is 0 Å². The van der Waals surface area contributed by atoms with Crippen LogP contribution in [0, 0.1) is 0 Å². The maximum absolute atomic E-state index is 12.2. The maximum atomic E-state index is 12.2. The van der Waals surface area contributed by atoms with E-state index in [1.165, 1.54) is 6.20 Å². The lowest BCUT2D eigenvalue weighted by Gasteiger charge is -2.13. The lowest BCUT2D eigenvalue weighted by molar-refractivity contribution is 0.0925. The summed E-state index contributed by atoms with van der Waals surface area (Å²) >= 11 is 0. The maximum Gasteiger partial charge on any atom is 0.272 e. The van der Waals surface area contributed by atoms with Crippen molar-refractivity contribution in [3.8, 4) is 5.75 Å². The van der Waals surface area contributed by atoms with Crippen molar-refractivity contribution in [2.75, 3.05) is 25.6 Å². The van der Waals surface area contributed by atoms with Crippen molar-refractivity contribution in [2.24, 2.45) is 0 Å². The lowest BCUT2D eigenvalue weighted by Crippen LogP contribution is -2.30. The summed E-state index contributed by atoms with van der Waals surface area (Å²) in [6, 6.07) is 7.54. The van der Waals surface area contributed by atoms with Crippen molar-refractivity contribution in [1.82, 2.24) is 15.3 Å². The number of anilines is 1. The van der Waals surface area contributed by atoms with Gasteiger partial charge in [0.2, 0.25) is 0 Å². The number of amides is 1. The van der Waals surface area contributed by atoms with Gasteiger partial charge < -0.3 is 15.0 Å². The van der Waals surface area contributed by atoms with Crippen molar-refractivity contribution >= 4 is 11.7 Å². The van der Waals surface area contributed by atoms with E-state index in [1.54, 1.807) is 6.20 Å². The molecule has 6 nitrogen and oxygen atoms in total. The van der Waals surface area contributed by atoms with Gasteiger partial charge in [-0.1, -0.05) is 18.2 Å². The smallest absolute Gasteiger partial charge is 0.272 e. The van der Waals surface area contributed by atoms with Crippen LogP contribution >= 0.6 is 0 Å². The average Bonchev–Trinajstić information content (AvgIpc) is 2.91. The quantitative estimate of drug-likeness (QED) is 0.923. The number of para-hydroxylation sites is 1. The molecule has 0 fully saturated rings. The second-order valence-electron chi connectivity index (χ2n) is 5.03. The van der Waals surface area contributed by atoms with Gasteiger partial charge in [0, 0.05) is 19.7 Å². The average molecular weight is 284 g/mol. The summed E-state index contributed by atoms with van der Waals surface area (Å²) in [6.45, 7) is 0.439. The van der Waals surface area contributed by atoms with E-state index in [4.69, 9.17) is 4.74 Å².